The van der Waals surface area contributed by atoms with Crippen molar-refractivity contribution in [3.8, 4) is 11.5 Å². The van der Waals surface area contributed by atoms with Crippen molar-refractivity contribution in [1.82, 2.24) is 19.5 Å². The zero-order valence-corrected chi connectivity index (χ0v) is 16.0. The van der Waals surface area contributed by atoms with E-state index in [9.17, 15) is 4.79 Å². The van der Waals surface area contributed by atoms with Crippen molar-refractivity contribution in [2.24, 2.45) is 0 Å². The third-order valence-electron chi connectivity index (χ3n) is 4.98. The number of piperidine rings is 1. The summed E-state index contributed by atoms with van der Waals surface area (Å²) in [6.45, 7) is 3.84. The number of ether oxygens (including phenoxy) is 2. The molecule has 0 spiro atoms. The van der Waals surface area contributed by atoms with Gasteiger partial charge in [0.25, 0.3) is 5.91 Å². The average Bonchev–Trinajstić information content (AvgIpc) is 3.17. The second-order valence-electron chi connectivity index (χ2n) is 6.83. The molecular formula is C21H24N4O3. The van der Waals surface area contributed by atoms with Crippen molar-refractivity contribution in [1.29, 1.82) is 0 Å². The van der Waals surface area contributed by atoms with E-state index in [1.54, 1.807) is 0 Å². The minimum atomic E-state index is -0.0233. The Bertz CT molecular complexity index is 955. The molecule has 1 atom stereocenters. The van der Waals surface area contributed by atoms with E-state index in [0.717, 1.165) is 30.9 Å². The van der Waals surface area contributed by atoms with Crippen molar-refractivity contribution in [3.63, 3.8) is 0 Å². The van der Waals surface area contributed by atoms with E-state index in [1.807, 2.05) is 64.9 Å². The van der Waals surface area contributed by atoms with Gasteiger partial charge in [-0.1, -0.05) is 18.2 Å². The number of likely N-dealkylation sites (tertiary alicyclic amines) is 1. The number of hydrogen-bond donors (Lipinski definition) is 0. The van der Waals surface area contributed by atoms with Crippen molar-refractivity contribution < 1.29 is 14.3 Å². The molecule has 7 nitrogen and oxygen atoms in total. The van der Waals surface area contributed by atoms with E-state index in [0.29, 0.717) is 24.7 Å². The number of aromatic nitrogens is 3. The van der Waals surface area contributed by atoms with Crippen LogP contribution in [0.3, 0.4) is 0 Å². The highest BCUT2D eigenvalue weighted by molar-refractivity contribution is 5.78. The number of benzene rings is 1. The lowest BCUT2D eigenvalue weighted by Crippen LogP contribution is -2.42. The fourth-order valence-corrected chi connectivity index (χ4v) is 3.63. The molecule has 3 aromatic rings. The smallest absolute Gasteiger partial charge is 0.260 e. The first-order valence-corrected chi connectivity index (χ1v) is 9.68. The molecule has 1 unspecified atom stereocenters. The zero-order valence-electron chi connectivity index (χ0n) is 16.0. The summed E-state index contributed by atoms with van der Waals surface area (Å²) in [5, 5.41) is 8.60. The van der Waals surface area contributed by atoms with Gasteiger partial charge in [-0.15, -0.1) is 10.2 Å². The molecule has 4 rings (SSSR count). The number of fused-ring (bicyclic) bond motifs is 1. The van der Waals surface area contributed by atoms with Gasteiger partial charge in [-0.3, -0.25) is 9.20 Å². The van der Waals surface area contributed by atoms with Crippen molar-refractivity contribution >= 4 is 11.6 Å². The number of rotatable bonds is 6. The molecule has 0 radical (unpaired) electrons. The summed E-state index contributed by atoms with van der Waals surface area (Å²) in [7, 11) is 0. The Hall–Kier alpha value is -3.09. The quantitative estimate of drug-likeness (QED) is 0.658. The Morgan fingerprint density at radius 1 is 1.11 bits per heavy atom. The summed E-state index contributed by atoms with van der Waals surface area (Å²) < 4.78 is 13.3. The third-order valence-corrected chi connectivity index (χ3v) is 4.98. The molecule has 0 bridgehead atoms. The number of hydrogen-bond acceptors (Lipinski definition) is 5. The average molecular weight is 380 g/mol. The van der Waals surface area contributed by atoms with Crippen LogP contribution in [0.25, 0.3) is 5.65 Å². The van der Waals surface area contributed by atoms with Gasteiger partial charge in [0.2, 0.25) is 0 Å². The summed E-state index contributed by atoms with van der Waals surface area (Å²) >= 11 is 0. The molecule has 1 saturated heterocycles. The van der Waals surface area contributed by atoms with Gasteiger partial charge in [-0.2, -0.15) is 0 Å². The summed E-state index contributed by atoms with van der Waals surface area (Å²) in [4.78, 5) is 14.6. The highest BCUT2D eigenvalue weighted by Crippen LogP contribution is 2.28. The van der Waals surface area contributed by atoms with E-state index >= 15 is 0 Å². The first-order valence-electron chi connectivity index (χ1n) is 9.68. The normalized spacial score (nSPS) is 16.9. The summed E-state index contributed by atoms with van der Waals surface area (Å²) in [6, 6.07) is 13.3. The molecule has 3 heterocycles. The van der Waals surface area contributed by atoms with Gasteiger partial charge in [0, 0.05) is 25.2 Å². The molecule has 1 aliphatic rings. The van der Waals surface area contributed by atoms with Crippen molar-refractivity contribution in [2.45, 2.75) is 25.7 Å². The first-order chi connectivity index (χ1) is 13.8. The molecule has 1 aliphatic heterocycles. The maximum absolute atomic E-state index is 12.7. The Morgan fingerprint density at radius 3 is 2.71 bits per heavy atom. The van der Waals surface area contributed by atoms with Gasteiger partial charge < -0.3 is 14.4 Å². The molecular weight excluding hydrogens is 356 g/mol. The van der Waals surface area contributed by atoms with E-state index in [-0.39, 0.29) is 18.4 Å². The van der Waals surface area contributed by atoms with E-state index in [1.165, 1.54) is 0 Å². The number of pyridine rings is 1. The largest absolute Gasteiger partial charge is 0.490 e. The van der Waals surface area contributed by atoms with Crippen LogP contribution in [-0.2, 0) is 4.79 Å². The van der Waals surface area contributed by atoms with Crippen LogP contribution in [0.1, 0.15) is 31.5 Å². The van der Waals surface area contributed by atoms with Gasteiger partial charge in [0.15, 0.2) is 23.8 Å². The maximum atomic E-state index is 12.7. The van der Waals surface area contributed by atoms with E-state index in [2.05, 4.69) is 10.2 Å². The minimum Gasteiger partial charge on any atom is -0.490 e. The van der Waals surface area contributed by atoms with Crippen LogP contribution in [0.4, 0.5) is 0 Å². The van der Waals surface area contributed by atoms with Crippen LogP contribution in [0.5, 0.6) is 11.5 Å². The second-order valence-corrected chi connectivity index (χ2v) is 6.83. The molecule has 146 valence electrons. The maximum Gasteiger partial charge on any atom is 0.260 e. The molecule has 1 fully saturated rings. The minimum absolute atomic E-state index is 0.00259. The highest BCUT2D eigenvalue weighted by Gasteiger charge is 2.28. The van der Waals surface area contributed by atoms with Crippen LogP contribution >= 0.6 is 0 Å². The summed E-state index contributed by atoms with van der Waals surface area (Å²) in [5.41, 5.74) is 0.830. The van der Waals surface area contributed by atoms with E-state index in [4.69, 9.17) is 9.47 Å². The van der Waals surface area contributed by atoms with Crippen LogP contribution < -0.4 is 9.47 Å². The van der Waals surface area contributed by atoms with E-state index < -0.39 is 0 Å². The van der Waals surface area contributed by atoms with Gasteiger partial charge in [0.1, 0.15) is 5.82 Å². The predicted molar refractivity (Wildman–Crippen MR) is 105 cm³/mol. The molecule has 1 amide bonds. The Balaban J connectivity index is 1.41. The van der Waals surface area contributed by atoms with Crippen LogP contribution in [0.2, 0.25) is 0 Å². The first kappa shape index (κ1) is 18.3. The molecule has 0 aliphatic carbocycles. The van der Waals surface area contributed by atoms with Crippen LogP contribution in [0.15, 0.2) is 48.7 Å². The summed E-state index contributed by atoms with van der Waals surface area (Å²) in [5.74, 6) is 2.31. The van der Waals surface area contributed by atoms with Crippen molar-refractivity contribution in [2.75, 3.05) is 26.3 Å². The topological polar surface area (TPSA) is 69.0 Å². The number of nitrogens with zero attached hydrogens (tertiary/aromatic N) is 4. The Labute approximate surface area is 163 Å². The van der Waals surface area contributed by atoms with Crippen LogP contribution in [0, 0.1) is 0 Å². The molecule has 7 heteroatoms. The van der Waals surface area contributed by atoms with Gasteiger partial charge >= 0.3 is 0 Å². The number of amides is 1. The second kappa shape index (κ2) is 8.29. The van der Waals surface area contributed by atoms with Crippen LogP contribution in [-0.4, -0.2) is 51.7 Å². The molecule has 1 aromatic carbocycles. The number of para-hydroxylation sites is 2. The number of carbonyl (C=O) groups is 1. The van der Waals surface area contributed by atoms with Gasteiger partial charge in [0.05, 0.1) is 6.61 Å². The molecule has 0 saturated carbocycles. The standard InChI is InChI=1S/C21H24N4O3/c1-2-27-17-9-3-4-10-18(17)28-15-20(26)24-12-7-8-16(14-24)21-23-22-19-11-5-6-13-25(19)21/h3-6,9-11,13,16H,2,7-8,12,14-15H2,1H3. The van der Waals surface area contributed by atoms with Gasteiger partial charge in [-0.25, -0.2) is 0 Å². The highest BCUT2D eigenvalue weighted by atomic mass is 16.5. The monoisotopic (exact) mass is 380 g/mol. The molecule has 2 aromatic heterocycles. The number of carbonyl (C=O) groups excluding carboxylic acids is 1. The fraction of sp³-hybridized carbons (Fsp3) is 0.381. The molecule has 0 N–H and O–H groups in total. The van der Waals surface area contributed by atoms with Crippen molar-refractivity contribution in [3.05, 3.63) is 54.5 Å². The predicted octanol–water partition coefficient (Wildman–Crippen LogP) is 2.91. The summed E-state index contributed by atoms with van der Waals surface area (Å²) in [6.07, 6.45) is 3.90. The lowest BCUT2D eigenvalue weighted by atomic mass is 9.97. The SMILES string of the molecule is CCOc1ccccc1OCC(=O)N1CCCC(c2nnc3ccccn23)C1. The fourth-order valence-electron chi connectivity index (χ4n) is 3.63. The Morgan fingerprint density at radius 2 is 1.89 bits per heavy atom. The molecule has 28 heavy (non-hydrogen) atoms. The van der Waals surface area contributed by atoms with Gasteiger partial charge in [-0.05, 0) is 44.0 Å². The Kier molecular flexibility index (Phi) is 5.41. The zero-order chi connectivity index (χ0) is 19.3. The lowest BCUT2D eigenvalue weighted by Gasteiger charge is -2.32. The lowest BCUT2D eigenvalue weighted by molar-refractivity contribution is -0.134. The third kappa shape index (κ3) is 3.78.